The molecule has 3 aromatic rings. The summed E-state index contributed by atoms with van der Waals surface area (Å²) in [6.07, 6.45) is 0. The van der Waals surface area contributed by atoms with Crippen molar-refractivity contribution in [2.24, 2.45) is 0 Å². The van der Waals surface area contributed by atoms with Crippen molar-refractivity contribution in [3.63, 3.8) is 0 Å². The van der Waals surface area contributed by atoms with Crippen molar-refractivity contribution in [3.8, 4) is 5.75 Å². The van der Waals surface area contributed by atoms with E-state index in [1.54, 1.807) is 37.4 Å². The van der Waals surface area contributed by atoms with E-state index < -0.39 is 0 Å². The first-order valence-corrected chi connectivity index (χ1v) is 9.96. The predicted molar refractivity (Wildman–Crippen MR) is 107 cm³/mol. The predicted octanol–water partition coefficient (Wildman–Crippen LogP) is 5.40. The third-order valence-electron chi connectivity index (χ3n) is 3.31. The Kier molecular flexibility index (Phi) is 6.37. The highest BCUT2D eigenvalue weighted by Crippen LogP contribution is 2.30. The van der Waals surface area contributed by atoms with Crippen LogP contribution in [0.2, 0.25) is 10.0 Å². The van der Waals surface area contributed by atoms with Crippen molar-refractivity contribution in [1.82, 2.24) is 10.2 Å². The summed E-state index contributed by atoms with van der Waals surface area (Å²) in [5, 5.41) is 12.3. The molecule has 0 radical (unpaired) electrons. The zero-order chi connectivity index (χ0) is 18.5. The summed E-state index contributed by atoms with van der Waals surface area (Å²) < 4.78 is 5.87. The lowest BCUT2D eigenvalue weighted by Gasteiger charge is -2.03. The van der Waals surface area contributed by atoms with Crippen LogP contribution in [-0.4, -0.2) is 23.2 Å². The van der Waals surface area contributed by atoms with E-state index in [2.05, 4.69) is 15.5 Å². The van der Waals surface area contributed by atoms with Crippen LogP contribution < -0.4 is 10.1 Å². The molecule has 1 aromatic heterocycles. The third-order valence-corrected chi connectivity index (χ3v) is 6.09. The normalized spacial score (nSPS) is 10.6. The minimum absolute atomic E-state index is 0.263. The van der Waals surface area contributed by atoms with Gasteiger partial charge in [0.25, 0.3) is 5.91 Å². The Morgan fingerprint density at radius 1 is 1.19 bits per heavy atom. The summed E-state index contributed by atoms with van der Waals surface area (Å²) in [5.41, 5.74) is 1.52. The number of nitrogens with one attached hydrogen (secondary N) is 1. The molecule has 0 atom stereocenters. The lowest BCUT2D eigenvalue weighted by Crippen LogP contribution is -2.11. The van der Waals surface area contributed by atoms with Crippen LogP contribution in [0.5, 0.6) is 5.75 Å². The number of carbonyl (C=O) groups excluding carboxylic acids is 1. The summed E-state index contributed by atoms with van der Waals surface area (Å²) in [4.78, 5) is 12.3. The fourth-order valence-electron chi connectivity index (χ4n) is 2.03. The van der Waals surface area contributed by atoms with Crippen LogP contribution in [0.3, 0.4) is 0 Å². The molecular weight excluding hydrogens is 413 g/mol. The summed E-state index contributed by atoms with van der Waals surface area (Å²) in [6.45, 7) is 0. The summed E-state index contributed by atoms with van der Waals surface area (Å²) in [5.74, 6) is 1.03. The largest absolute Gasteiger partial charge is 0.497 e. The van der Waals surface area contributed by atoms with Gasteiger partial charge in [-0.25, -0.2) is 0 Å². The SMILES string of the molecule is COc1cccc(C(=O)Nc2nnc(SCc3ccc(Cl)c(Cl)c3)s2)c1. The molecule has 5 nitrogen and oxygen atoms in total. The van der Waals surface area contributed by atoms with Crippen LogP contribution in [0.4, 0.5) is 5.13 Å². The third kappa shape index (κ3) is 4.88. The molecule has 0 bridgehead atoms. The number of halogens is 2. The Labute approximate surface area is 168 Å². The molecule has 2 aromatic carbocycles. The molecule has 0 fully saturated rings. The average molecular weight is 426 g/mol. The second kappa shape index (κ2) is 8.73. The average Bonchev–Trinajstić information content (AvgIpc) is 3.10. The van der Waals surface area contributed by atoms with Gasteiger partial charge in [0.05, 0.1) is 17.2 Å². The molecule has 0 aliphatic heterocycles. The van der Waals surface area contributed by atoms with Gasteiger partial charge in [0, 0.05) is 11.3 Å². The van der Waals surface area contributed by atoms with Gasteiger partial charge in [-0.15, -0.1) is 10.2 Å². The number of methoxy groups -OCH3 is 1. The molecule has 3 rings (SSSR count). The van der Waals surface area contributed by atoms with Crippen molar-refractivity contribution in [2.45, 2.75) is 10.1 Å². The van der Waals surface area contributed by atoms with Gasteiger partial charge in [-0.2, -0.15) is 0 Å². The number of amides is 1. The topological polar surface area (TPSA) is 64.1 Å². The monoisotopic (exact) mass is 425 g/mol. The molecule has 0 aliphatic carbocycles. The van der Waals surface area contributed by atoms with Crippen molar-refractivity contribution in [1.29, 1.82) is 0 Å². The number of aromatic nitrogens is 2. The Hall–Kier alpha value is -1.80. The lowest BCUT2D eigenvalue weighted by atomic mass is 10.2. The van der Waals surface area contributed by atoms with Crippen molar-refractivity contribution in [2.75, 3.05) is 12.4 Å². The molecule has 9 heteroatoms. The van der Waals surface area contributed by atoms with Crippen LogP contribution in [0.15, 0.2) is 46.8 Å². The van der Waals surface area contributed by atoms with E-state index in [1.165, 1.54) is 23.1 Å². The van der Waals surface area contributed by atoms with Gasteiger partial charge in [-0.05, 0) is 35.9 Å². The van der Waals surface area contributed by atoms with Crippen LogP contribution >= 0.6 is 46.3 Å². The first kappa shape index (κ1) is 19.0. The second-order valence-electron chi connectivity index (χ2n) is 5.10. The maximum absolute atomic E-state index is 12.3. The Morgan fingerprint density at radius 3 is 2.81 bits per heavy atom. The summed E-state index contributed by atoms with van der Waals surface area (Å²) >= 11 is 14.7. The molecule has 1 N–H and O–H groups in total. The highest BCUT2D eigenvalue weighted by molar-refractivity contribution is 8.00. The van der Waals surface area contributed by atoms with E-state index in [4.69, 9.17) is 27.9 Å². The van der Waals surface area contributed by atoms with Gasteiger partial charge in [0.2, 0.25) is 5.13 Å². The molecule has 0 aliphatic rings. The smallest absolute Gasteiger partial charge is 0.257 e. The first-order valence-electron chi connectivity index (χ1n) is 7.41. The maximum atomic E-state index is 12.3. The molecular formula is C17H13Cl2N3O2S2. The number of benzene rings is 2. The minimum Gasteiger partial charge on any atom is -0.497 e. The van der Waals surface area contributed by atoms with E-state index in [-0.39, 0.29) is 5.91 Å². The highest BCUT2D eigenvalue weighted by Gasteiger charge is 2.11. The standard InChI is InChI=1S/C17H13Cl2N3O2S2/c1-24-12-4-2-3-11(8-12)15(23)20-16-21-22-17(26-16)25-9-10-5-6-13(18)14(19)7-10/h2-8H,9H2,1H3,(H,20,21,23). The fraction of sp³-hybridized carbons (Fsp3) is 0.118. The van der Waals surface area contributed by atoms with Crippen molar-refractivity contribution in [3.05, 3.63) is 63.6 Å². The zero-order valence-electron chi connectivity index (χ0n) is 13.5. The maximum Gasteiger partial charge on any atom is 0.257 e. The molecule has 0 unspecified atom stereocenters. The molecule has 0 saturated carbocycles. The van der Waals surface area contributed by atoms with Gasteiger partial charge in [0.1, 0.15) is 5.75 Å². The number of carbonyl (C=O) groups is 1. The molecule has 26 heavy (non-hydrogen) atoms. The summed E-state index contributed by atoms with van der Waals surface area (Å²) in [6, 6.07) is 12.4. The second-order valence-corrected chi connectivity index (χ2v) is 8.11. The first-order chi connectivity index (χ1) is 12.5. The highest BCUT2D eigenvalue weighted by atomic mass is 35.5. The number of hydrogen-bond acceptors (Lipinski definition) is 6. The van der Waals surface area contributed by atoms with Gasteiger partial charge >= 0.3 is 0 Å². The van der Waals surface area contributed by atoms with Crippen molar-refractivity contribution < 1.29 is 9.53 Å². The Bertz CT molecular complexity index is 934. The van der Waals surface area contributed by atoms with Gasteiger partial charge in [-0.1, -0.05) is 58.4 Å². The van der Waals surface area contributed by atoms with Crippen LogP contribution in [0.1, 0.15) is 15.9 Å². The lowest BCUT2D eigenvalue weighted by molar-refractivity contribution is 0.102. The number of hydrogen-bond donors (Lipinski definition) is 1. The van der Waals surface area contributed by atoms with E-state index >= 15 is 0 Å². The number of thioether (sulfide) groups is 1. The van der Waals surface area contributed by atoms with Gasteiger partial charge in [0.15, 0.2) is 4.34 Å². The number of ether oxygens (including phenoxy) is 1. The molecule has 134 valence electrons. The molecule has 0 spiro atoms. The summed E-state index contributed by atoms with van der Waals surface area (Å²) in [7, 11) is 1.55. The van der Waals surface area contributed by atoms with Crippen molar-refractivity contribution >= 4 is 57.3 Å². The zero-order valence-corrected chi connectivity index (χ0v) is 16.7. The Morgan fingerprint density at radius 2 is 2.04 bits per heavy atom. The van der Waals surface area contributed by atoms with Gasteiger partial charge in [-0.3, -0.25) is 10.1 Å². The van der Waals surface area contributed by atoms with Crippen LogP contribution in [-0.2, 0) is 5.75 Å². The van der Waals surface area contributed by atoms with E-state index in [1.807, 2.05) is 12.1 Å². The van der Waals surface area contributed by atoms with E-state index in [0.717, 1.165) is 9.90 Å². The minimum atomic E-state index is -0.263. The van der Waals surface area contributed by atoms with Crippen LogP contribution in [0, 0.1) is 0 Å². The van der Waals surface area contributed by atoms with Crippen LogP contribution in [0.25, 0.3) is 0 Å². The molecule has 1 heterocycles. The Balaban J connectivity index is 1.60. The fourth-order valence-corrected chi connectivity index (χ4v) is 4.04. The van der Waals surface area contributed by atoms with E-state index in [0.29, 0.717) is 32.2 Å². The van der Waals surface area contributed by atoms with Gasteiger partial charge < -0.3 is 4.74 Å². The van der Waals surface area contributed by atoms with E-state index in [9.17, 15) is 4.79 Å². The number of nitrogens with zero attached hydrogens (tertiary/aromatic N) is 2. The number of rotatable bonds is 6. The number of anilines is 1. The molecule has 0 saturated heterocycles. The molecule has 1 amide bonds. The quantitative estimate of drug-likeness (QED) is 0.423.